The minimum atomic E-state index is -4.89. The summed E-state index contributed by atoms with van der Waals surface area (Å²) >= 11 is -2.51. The molecule has 13 nitrogen and oxygen atoms in total. The molecule has 0 amide bonds. The van der Waals surface area contributed by atoms with E-state index in [0.717, 1.165) is 0 Å². The normalized spacial score (nSPS) is 7.88. The first kappa shape index (κ1) is 36.0. The fourth-order valence-corrected chi connectivity index (χ4v) is 0. The Labute approximate surface area is 103 Å². The summed E-state index contributed by atoms with van der Waals surface area (Å²) in [5.74, 6) is 0. The molecule has 0 heterocycles. The zero-order valence-corrected chi connectivity index (χ0v) is 13.1. The van der Waals surface area contributed by atoms with Crippen LogP contribution < -0.4 is 9.79 Å². The van der Waals surface area contributed by atoms with Gasteiger partial charge in [0.1, 0.15) is 0 Å². The van der Waals surface area contributed by atoms with Crippen LogP contribution >= 0.6 is 15.6 Å². The zero-order valence-electron chi connectivity index (χ0n) is 7.13. The summed E-state index contributed by atoms with van der Waals surface area (Å²) in [5, 5.41) is 0. The van der Waals surface area contributed by atoms with Crippen LogP contribution in [0.3, 0.4) is 0 Å². The van der Waals surface area contributed by atoms with Gasteiger partial charge in [-0.25, -0.2) is 0 Å². The second-order valence-electron chi connectivity index (χ2n) is 1.06. The van der Waals surface area contributed by atoms with Crippen molar-refractivity contribution in [2.24, 2.45) is 0 Å². The van der Waals surface area contributed by atoms with E-state index in [4.69, 9.17) is 43.0 Å². The molecule has 0 rings (SSSR count). The van der Waals surface area contributed by atoms with Gasteiger partial charge in [-0.1, -0.05) is 0 Å². The quantitative estimate of drug-likeness (QED) is 0.220. The molecule has 0 aromatic carbocycles. The fraction of sp³-hybridized carbons (Fsp3) is 0. The summed E-state index contributed by atoms with van der Waals surface area (Å²) in [4.78, 5) is 45.8. The van der Waals surface area contributed by atoms with E-state index in [-0.39, 0.29) is 16.4 Å². The van der Waals surface area contributed by atoms with Gasteiger partial charge in [0.25, 0.3) is 15.6 Å². The van der Waals surface area contributed by atoms with Crippen LogP contribution in [-0.4, -0.2) is 36.0 Å². The molecule has 0 aliphatic heterocycles. The summed E-state index contributed by atoms with van der Waals surface area (Å²) in [6, 6.07) is 0. The maximum atomic E-state index is 8.77. The number of hydrogen-bond acceptors (Lipinski definition) is 6. The second-order valence-corrected chi connectivity index (χ2v) is 3.72. The van der Waals surface area contributed by atoms with Crippen molar-refractivity contribution in [2.45, 2.75) is 0 Å². The van der Waals surface area contributed by atoms with Gasteiger partial charge < -0.3 is 45.8 Å². The Morgan fingerprint density at radius 1 is 0.750 bits per heavy atom. The molecule has 0 aromatic heterocycles. The Morgan fingerprint density at radius 3 is 0.750 bits per heavy atom. The van der Waals surface area contributed by atoms with Gasteiger partial charge in [0, 0.05) is 0 Å². The van der Waals surface area contributed by atoms with E-state index < -0.39 is 43.5 Å². The summed E-state index contributed by atoms with van der Waals surface area (Å²) in [6.45, 7) is 0. The second kappa shape index (κ2) is 18.1. The van der Waals surface area contributed by atoms with E-state index in [1.54, 1.807) is 0 Å². The summed E-state index contributed by atoms with van der Waals surface area (Å²) in [7, 11) is -9.78. The van der Waals surface area contributed by atoms with Gasteiger partial charge in [0.05, 0.1) is 0 Å². The Balaban J connectivity index is -0.0000000220. The van der Waals surface area contributed by atoms with Gasteiger partial charge in [-0.15, -0.1) is 0 Å². The number of phosphoric acid groups is 2. The first-order chi connectivity index (χ1) is 5.41. The average molecular weight is 518 g/mol. The topological polar surface area (TPSA) is 290 Å². The molecule has 0 spiro atoms. The first-order valence-electron chi connectivity index (χ1n) is 1.94. The van der Waals surface area contributed by atoms with Crippen molar-refractivity contribution < 1.29 is 87.2 Å². The van der Waals surface area contributed by atoms with Gasteiger partial charge in [-0.2, -0.15) is 0 Å². The van der Waals surface area contributed by atoms with Gasteiger partial charge in [-0.05, 0) is 0 Å². The van der Waals surface area contributed by atoms with Crippen molar-refractivity contribution in [3.63, 3.8) is 0 Å². The van der Waals surface area contributed by atoms with Crippen LogP contribution in [0.1, 0.15) is 0 Å². The van der Waals surface area contributed by atoms with Crippen molar-refractivity contribution >= 4 is 15.6 Å². The van der Waals surface area contributed by atoms with Crippen molar-refractivity contribution in [2.75, 3.05) is 0 Å². The van der Waals surface area contributed by atoms with E-state index in [1.165, 1.54) is 0 Å². The fourth-order valence-electron chi connectivity index (χ4n) is 0. The van der Waals surface area contributed by atoms with Crippen molar-refractivity contribution in [1.29, 1.82) is 0 Å². The molecule has 0 aliphatic carbocycles. The third-order valence-corrected chi connectivity index (χ3v) is 0. The predicted octanol–water partition coefficient (Wildman–Crippen LogP) is -5.83. The van der Waals surface area contributed by atoms with E-state index in [1.807, 2.05) is 0 Å². The molecule has 0 unspecified atom stereocenters. The maximum absolute atomic E-state index is 8.77. The third kappa shape index (κ3) is 4930. The molecular weight excluding hydrogens is 508 g/mol. The first-order valence-corrected chi connectivity index (χ1v) is 8.40. The molecule has 16 heavy (non-hydrogen) atoms. The molecule has 0 aliphatic rings. The summed E-state index contributed by atoms with van der Waals surface area (Å²) in [6.07, 6.45) is 0. The Bertz CT molecular complexity index is 188. The standard InChI is InChI=1S/2H3O4P.3H2O.2O.U/c2*1-5(2,3)4;;;;;;/h2*(H3,1,2,3,4);3*1H2;;;/q;;;;;;;+2/p-2. The Morgan fingerprint density at radius 2 is 0.750 bits per heavy atom. The Kier molecular flexibility index (Phi) is 40.7. The van der Waals surface area contributed by atoms with Crippen molar-refractivity contribution in [3.8, 4) is 0 Å². The van der Waals surface area contributed by atoms with Crippen LogP contribution in [0, 0.1) is 27.8 Å². The van der Waals surface area contributed by atoms with Crippen molar-refractivity contribution in [3.05, 3.63) is 0 Å². The molecule has 102 valence electrons. The third-order valence-electron chi connectivity index (χ3n) is 0. The molecule has 0 fully saturated rings. The van der Waals surface area contributed by atoms with Crippen LogP contribution in [-0.2, 0) is 13.6 Å². The molecule has 0 atom stereocenters. The van der Waals surface area contributed by atoms with Crippen LogP contribution in [0.2, 0.25) is 0 Å². The van der Waals surface area contributed by atoms with Crippen LogP contribution in [0.15, 0.2) is 0 Å². The van der Waals surface area contributed by atoms with E-state index in [9.17, 15) is 0 Å². The van der Waals surface area contributed by atoms with Crippen molar-refractivity contribution in [1.82, 2.24) is 0 Å². The molecule has 0 saturated heterocycles. The van der Waals surface area contributed by atoms with E-state index >= 15 is 0 Å². The van der Waals surface area contributed by atoms with Gasteiger partial charge in [-0.3, -0.25) is 9.13 Å². The molecule has 16 heteroatoms. The molecular formula is H10O13P2U. The predicted molar refractivity (Wildman–Crippen MR) is 36.3 cm³/mol. The zero-order chi connectivity index (χ0) is 11.7. The molecule has 0 aromatic rings. The summed E-state index contributed by atoms with van der Waals surface area (Å²) < 4.78 is 34.7. The van der Waals surface area contributed by atoms with Gasteiger partial charge in [0.15, 0.2) is 0 Å². The average Bonchev–Trinajstić information content (AvgIpc) is 1.52. The van der Waals surface area contributed by atoms with Crippen LogP contribution in [0.25, 0.3) is 0 Å². The molecule has 0 radical (unpaired) electrons. The summed E-state index contributed by atoms with van der Waals surface area (Å²) in [5.41, 5.74) is 0. The molecule has 0 bridgehead atoms. The molecule has 10 N–H and O–H groups in total. The minimum absolute atomic E-state index is 0. The monoisotopic (exact) mass is 518 g/mol. The van der Waals surface area contributed by atoms with E-state index in [0.29, 0.717) is 0 Å². The van der Waals surface area contributed by atoms with Crippen LogP contribution in [0.5, 0.6) is 0 Å². The van der Waals surface area contributed by atoms with Gasteiger partial charge >= 0.3 is 32.3 Å². The number of rotatable bonds is 0. The van der Waals surface area contributed by atoms with Gasteiger partial charge in [0.2, 0.25) is 0 Å². The SMILES string of the molecule is O.O.O.O=P([O-])(O)O.O=P([O-])(O)O.[O]=[U+2]=[O]. The Hall–Kier alpha value is 0.752. The number of hydrogen-bond donors (Lipinski definition) is 4. The molecule has 0 saturated carbocycles. The van der Waals surface area contributed by atoms with Crippen LogP contribution in [0.4, 0.5) is 0 Å². The van der Waals surface area contributed by atoms with E-state index in [2.05, 4.69) is 0 Å².